The molecule has 0 saturated carbocycles. The van der Waals surface area contributed by atoms with Gasteiger partial charge in [0.05, 0.1) is 30.8 Å². The van der Waals surface area contributed by atoms with Crippen LogP contribution < -0.4 is 14.5 Å². The van der Waals surface area contributed by atoms with E-state index in [1.165, 1.54) is 35.7 Å². The molecule has 1 aromatic heterocycles. The fraction of sp³-hybridized carbons (Fsp3) is 0.562. The third-order valence-electron chi connectivity index (χ3n) is 9.55. The predicted molar refractivity (Wildman–Crippen MR) is 159 cm³/mol. The number of benzene rings is 1. The molecule has 0 bridgehead atoms. The number of carbonyl (C=O) groups is 1. The van der Waals surface area contributed by atoms with E-state index < -0.39 is 0 Å². The maximum Gasteiger partial charge on any atom is 0.318 e. The zero-order chi connectivity index (χ0) is 28.5. The number of anilines is 2. The third kappa shape index (κ3) is 5.38. The molecule has 0 radical (unpaired) electrons. The number of piperazine rings is 1. The largest absolute Gasteiger partial charge is 0.462 e. The highest BCUT2D eigenvalue weighted by Crippen LogP contribution is 2.40. The van der Waals surface area contributed by atoms with Crippen molar-refractivity contribution in [2.45, 2.75) is 70.0 Å². The molecule has 9 heteroatoms. The summed E-state index contributed by atoms with van der Waals surface area (Å²) in [5.41, 5.74) is 6.48. The van der Waals surface area contributed by atoms with Gasteiger partial charge in [0.1, 0.15) is 12.4 Å². The second-order valence-electron chi connectivity index (χ2n) is 12.0. The molecular weight excluding hydrogens is 514 g/mol. The fourth-order valence-electron chi connectivity index (χ4n) is 7.15. The van der Waals surface area contributed by atoms with Crippen molar-refractivity contribution < 1.29 is 9.53 Å². The molecule has 41 heavy (non-hydrogen) atoms. The number of hydrogen-bond donors (Lipinski definition) is 0. The Morgan fingerprint density at radius 3 is 2.78 bits per heavy atom. The lowest BCUT2D eigenvalue weighted by atomic mass is 9.99. The van der Waals surface area contributed by atoms with Crippen molar-refractivity contribution in [3.63, 3.8) is 0 Å². The Bertz CT molecular complexity index is 1350. The summed E-state index contributed by atoms with van der Waals surface area (Å²) in [7, 11) is 2.15. The summed E-state index contributed by atoms with van der Waals surface area (Å²) in [6, 6.07) is 9.60. The number of likely N-dealkylation sites (tertiary alicyclic amines) is 1. The number of ether oxygens (including phenoxy) is 1. The van der Waals surface area contributed by atoms with E-state index in [4.69, 9.17) is 14.7 Å². The normalized spacial score (nSPS) is 24.1. The van der Waals surface area contributed by atoms with Crippen LogP contribution in [0.15, 0.2) is 30.9 Å². The van der Waals surface area contributed by atoms with Gasteiger partial charge in [-0.25, -0.2) is 0 Å². The molecule has 3 atom stereocenters. The van der Waals surface area contributed by atoms with Gasteiger partial charge in [-0.05, 0) is 74.9 Å². The van der Waals surface area contributed by atoms with Crippen LogP contribution in [0.1, 0.15) is 60.9 Å². The zero-order valence-corrected chi connectivity index (χ0v) is 24.4. The lowest BCUT2D eigenvalue weighted by molar-refractivity contribution is -0.128. The summed E-state index contributed by atoms with van der Waals surface area (Å²) in [6.45, 7) is 11.0. The van der Waals surface area contributed by atoms with Crippen molar-refractivity contribution in [1.82, 2.24) is 19.8 Å². The van der Waals surface area contributed by atoms with Crippen LogP contribution in [0.5, 0.6) is 6.01 Å². The number of fused-ring (bicyclic) bond motifs is 2. The van der Waals surface area contributed by atoms with Crippen molar-refractivity contribution in [2.75, 3.05) is 56.2 Å². The van der Waals surface area contributed by atoms with Crippen LogP contribution in [0.4, 0.5) is 11.5 Å². The highest BCUT2D eigenvalue weighted by molar-refractivity contribution is 5.87. The second-order valence-corrected chi connectivity index (χ2v) is 12.0. The summed E-state index contributed by atoms with van der Waals surface area (Å²) in [4.78, 5) is 31.3. The molecule has 2 fully saturated rings. The molecule has 9 nitrogen and oxygen atoms in total. The molecule has 216 valence electrons. The second kappa shape index (κ2) is 11.7. The van der Waals surface area contributed by atoms with Crippen LogP contribution in [0, 0.1) is 11.3 Å². The summed E-state index contributed by atoms with van der Waals surface area (Å²) in [6.07, 6.45) is 7.09. The summed E-state index contributed by atoms with van der Waals surface area (Å²) in [5.74, 6) is 1.38. The van der Waals surface area contributed by atoms with E-state index >= 15 is 0 Å². The Kier molecular flexibility index (Phi) is 7.85. The fourth-order valence-corrected chi connectivity index (χ4v) is 7.15. The maximum atomic E-state index is 12.5. The Labute approximate surface area is 243 Å². The number of aromatic nitrogens is 2. The molecule has 3 aliphatic heterocycles. The lowest BCUT2D eigenvalue weighted by Crippen LogP contribution is -2.55. The molecule has 1 aromatic carbocycles. The standard InChI is InChI=1S/C32H41N7O2/c1-4-30(40)39-18-17-38(19-23(39)12-14-33)31-27-13-16-37(29-9-5-8-25-22(2)10-11-26(25)29)20-28(27)34-32(35-31)41-21-24-7-6-15-36(24)3/h4-5,8-9,22-24H,1,6-7,10-13,15-21H2,2-3H3/t22?,23-,24-/m0/s1. The summed E-state index contributed by atoms with van der Waals surface area (Å²) >= 11 is 0. The van der Waals surface area contributed by atoms with Crippen molar-refractivity contribution in [2.24, 2.45) is 0 Å². The van der Waals surface area contributed by atoms with Crippen molar-refractivity contribution in [3.8, 4) is 12.1 Å². The van der Waals surface area contributed by atoms with Crippen LogP contribution in [0.2, 0.25) is 0 Å². The van der Waals surface area contributed by atoms with Gasteiger partial charge in [-0.3, -0.25) is 4.79 Å². The average Bonchev–Trinajstić information content (AvgIpc) is 3.59. The Balaban J connectivity index is 1.31. The highest BCUT2D eigenvalue weighted by atomic mass is 16.5. The Hall–Kier alpha value is -3.64. The molecule has 4 heterocycles. The number of carbonyl (C=O) groups excluding carboxylic acids is 1. The number of amides is 1. The quantitative estimate of drug-likeness (QED) is 0.478. The van der Waals surface area contributed by atoms with Crippen molar-refractivity contribution in [3.05, 3.63) is 53.2 Å². The van der Waals surface area contributed by atoms with E-state index in [0.29, 0.717) is 50.8 Å². The molecule has 1 unspecified atom stereocenters. The van der Waals surface area contributed by atoms with Gasteiger partial charge in [-0.15, -0.1) is 0 Å². The van der Waals surface area contributed by atoms with Crippen LogP contribution in [0.3, 0.4) is 0 Å². The number of rotatable bonds is 7. The molecule has 4 aliphatic rings. The van der Waals surface area contributed by atoms with Gasteiger partial charge in [0, 0.05) is 43.5 Å². The first-order chi connectivity index (χ1) is 20.0. The average molecular weight is 556 g/mol. The lowest BCUT2D eigenvalue weighted by Gasteiger charge is -2.42. The molecule has 1 aliphatic carbocycles. The first-order valence-corrected chi connectivity index (χ1v) is 15.1. The SMILES string of the molecule is C=CC(=O)N1CCN(c2nc(OC[C@@H]3CCCN3C)nc3c2CCN(c2cccc4c2CCC4C)C3)C[C@@H]1CC#N. The van der Waals surface area contributed by atoms with E-state index in [1.807, 2.05) is 0 Å². The predicted octanol–water partition coefficient (Wildman–Crippen LogP) is 3.68. The van der Waals surface area contributed by atoms with E-state index in [0.717, 1.165) is 49.4 Å². The Morgan fingerprint density at radius 2 is 2.00 bits per heavy atom. The monoisotopic (exact) mass is 555 g/mol. The maximum absolute atomic E-state index is 12.5. The highest BCUT2D eigenvalue weighted by Gasteiger charge is 2.34. The summed E-state index contributed by atoms with van der Waals surface area (Å²) < 4.78 is 6.30. The first-order valence-electron chi connectivity index (χ1n) is 15.1. The van der Waals surface area contributed by atoms with E-state index in [9.17, 15) is 10.1 Å². The van der Waals surface area contributed by atoms with E-state index in [-0.39, 0.29) is 18.4 Å². The van der Waals surface area contributed by atoms with Gasteiger partial charge in [-0.1, -0.05) is 25.6 Å². The number of hydrogen-bond acceptors (Lipinski definition) is 8. The molecule has 2 saturated heterocycles. The van der Waals surface area contributed by atoms with Gasteiger partial charge in [0.15, 0.2) is 0 Å². The number of nitriles is 1. The van der Waals surface area contributed by atoms with Gasteiger partial charge < -0.3 is 24.3 Å². The van der Waals surface area contributed by atoms with Gasteiger partial charge in [-0.2, -0.15) is 15.2 Å². The van der Waals surface area contributed by atoms with E-state index in [2.05, 4.69) is 59.5 Å². The number of likely N-dealkylation sites (N-methyl/N-ethyl adjacent to an activating group) is 1. The van der Waals surface area contributed by atoms with Crippen LogP contribution in [-0.4, -0.2) is 84.1 Å². The third-order valence-corrected chi connectivity index (χ3v) is 9.55. The van der Waals surface area contributed by atoms with Gasteiger partial charge in [0.2, 0.25) is 5.91 Å². The van der Waals surface area contributed by atoms with Crippen molar-refractivity contribution >= 4 is 17.4 Å². The molecule has 2 aromatic rings. The molecule has 0 N–H and O–H groups in total. The van der Waals surface area contributed by atoms with Crippen LogP contribution in [0.25, 0.3) is 0 Å². The minimum Gasteiger partial charge on any atom is -0.462 e. The van der Waals surface area contributed by atoms with Gasteiger partial charge in [0.25, 0.3) is 0 Å². The van der Waals surface area contributed by atoms with Crippen molar-refractivity contribution in [1.29, 1.82) is 5.26 Å². The zero-order valence-electron chi connectivity index (χ0n) is 24.4. The topological polar surface area (TPSA) is 88.8 Å². The molecule has 1 amide bonds. The minimum absolute atomic E-state index is 0.125. The first kappa shape index (κ1) is 27.5. The van der Waals surface area contributed by atoms with Crippen LogP contribution >= 0.6 is 0 Å². The Morgan fingerprint density at radius 1 is 1.12 bits per heavy atom. The minimum atomic E-state index is -0.213. The summed E-state index contributed by atoms with van der Waals surface area (Å²) in [5, 5.41) is 9.51. The smallest absolute Gasteiger partial charge is 0.318 e. The van der Waals surface area contributed by atoms with Crippen LogP contribution in [-0.2, 0) is 24.2 Å². The molecule has 0 spiro atoms. The molecular formula is C32H41N7O2. The number of nitrogens with zero attached hydrogens (tertiary/aromatic N) is 7. The van der Waals surface area contributed by atoms with E-state index in [1.54, 1.807) is 4.90 Å². The van der Waals surface area contributed by atoms with Gasteiger partial charge >= 0.3 is 6.01 Å². The molecule has 6 rings (SSSR count).